The van der Waals surface area contributed by atoms with Gasteiger partial charge in [-0.25, -0.2) is 0 Å². The van der Waals surface area contributed by atoms with E-state index in [1.54, 1.807) is 31.2 Å². The lowest BCUT2D eigenvalue weighted by Gasteiger charge is -2.16. The second-order valence-electron chi connectivity index (χ2n) is 3.93. The lowest BCUT2D eigenvalue weighted by Crippen LogP contribution is -2.43. The molecule has 2 unspecified atom stereocenters. The fraction of sp³-hybridized carbons (Fsp3) is 0.417. The Balaban J connectivity index is 2.31. The van der Waals surface area contributed by atoms with Gasteiger partial charge in [-0.05, 0) is 19.1 Å². The Morgan fingerprint density at radius 3 is 2.83 bits per heavy atom. The zero-order valence-corrected chi connectivity index (χ0v) is 10.9. The summed E-state index contributed by atoms with van der Waals surface area (Å²) in [6.45, 7) is 1.93. The molecule has 0 saturated heterocycles. The van der Waals surface area contributed by atoms with E-state index in [0.29, 0.717) is 10.8 Å². The van der Waals surface area contributed by atoms with Crippen LogP contribution < -0.4 is 15.8 Å². The molecule has 0 saturated carbocycles. The molecular weight excluding hydrogens is 256 g/mol. The summed E-state index contributed by atoms with van der Waals surface area (Å²) >= 11 is 5.89. The normalized spacial score (nSPS) is 13.9. The Morgan fingerprint density at radius 2 is 2.22 bits per heavy atom. The molecule has 100 valence electrons. The lowest BCUT2D eigenvalue weighted by atomic mass is 10.3. The average molecular weight is 273 g/mol. The molecule has 1 aromatic rings. The third-order valence-corrected chi connectivity index (χ3v) is 2.67. The number of primary amides is 1. The van der Waals surface area contributed by atoms with E-state index >= 15 is 0 Å². The summed E-state index contributed by atoms with van der Waals surface area (Å²) in [5.41, 5.74) is 5.08. The van der Waals surface area contributed by atoms with Gasteiger partial charge in [-0.1, -0.05) is 23.7 Å². The van der Waals surface area contributed by atoms with Crippen LogP contribution in [0, 0.1) is 0 Å². The molecule has 0 aliphatic heterocycles. The van der Waals surface area contributed by atoms with E-state index in [0.717, 1.165) is 0 Å². The van der Waals surface area contributed by atoms with Crippen molar-refractivity contribution in [1.29, 1.82) is 0 Å². The fourth-order valence-electron chi connectivity index (χ4n) is 1.22. The molecule has 0 bridgehead atoms. The molecule has 0 heterocycles. The van der Waals surface area contributed by atoms with Crippen molar-refractivity contribution in [2.24, 2.45) is 5.73 Å². The number of carbonyl (C=O) groups excluding carboxylic acids is 1. The van der Waals surface area contributed by atoms with E-state index < -0.39 is 18.1 Å². The minimum atomic E-state index is -0.747. The van der Waals surface area contributed by atoms with Gasteiger partial charge in [-0.2, -0.15) is 0 Å². The van der Waals surface area contributed by atoms with Gasteiger partial charge in [-0.15, -0.1) is 0 Å². The molecule has 1 aromatic carbocycles. The second kappa shape index (κ2) is 7.20. The molecule has 6 heteroatoms. The number of benzene rings is 1. The molecule has 0 aromatic heterocycles. The summed E-state index contributed by atoms with van der Waals surface area (Å²) in [5, 5.41) is 12.9. The van der Waals surface area contributed by atoms with Crippen LogP contribution in [0.2, 0.25) is 5.02 Å². The van der Waals surface area contributed by atoms with Gasteiger partial charge in [0.1, 0.15) is 18.5 Å². The van der Waals surface area contributed by atoms with Crippen LogP contribution in [0.25, 0.3) is 0 Å². The van der Waals surface area contributed by atoms with Crippen LogP contribution in [-0.4, -0.2) is 36.3 Å². The van der Waals surface area contributed by atoms with E-state index in [-0.39, 0.29) is 13.2 Å². The molecular formula is C12H17ClN2O3. The molecule has 5 nitrogen and oxygen atoms in total. The van der Waals surface area contributed by atoms with E-state index in [1.165, 1.54) is 0 Å². The molecule has 1 rings (SSSR count). The third-order valence-electron chi connectivity index (χ3n) is 2.35. The van der Waals surface area contributed by atoms with Crippen molar-refractivity contribution in [2.75, 3.05) is 13.2 Å². The summed E-state index contributed by atoms with van der Waals surface area (Å²) in [6.07, 6.45) is -0.747. The number of hydrogen-bond acceptors (Lipinski definition) is 4. The monoisotopic (exact) mass is 272 g/mol. The first-order valence-electron chi connectivity index (χ1n) is 5.58. The smallest absolute Gasteiger partial charge is 0.234 e. The molecule has 0 fully saturated rings. The van der Waals surface area contributed by atoms with Gasteiger partial charge in [0.05, 0.1) is 11.1 Å². The van der Waals surface area contributed by atoms with Gasteiger partial charge in [0.2, 0.25) is 5.91 Å². The Labute approximate surface area is 111 Å². The minimum Gasteiger partial charge on any atom is -0.489 e. The molecule has 0 radical (unpaired) electrons. The zero-order valence-electron chi connectivity index (χ0n) is 10.1. The molecule has 4 N–H and O–H groups in total. The number of ether oxygens (including phenoxy) is 1. The number of halogens is 1. The molecule has 2 atom stereocenters. The summed E-state index contributed by atoms with van der Waals surface area (Å²) < 4.78 is 5.35. The van der Waals surface area contributed by atoms with Gasteiger partial charge in [-0.3, -0.25) is 4.79 Å². The van der Waals surface area contributed by atoms with Gasteiger partial charge < -0.3 is 20.9 Å². The number of rotatable bonds is 7. The van der Waals surface area contributed by atoms with Crippen LogP contribution in [0.15, 0.2) is 24.3 Å². The van der Waals surface area contributed by atoms with Crippen molar-refractivity contribution in [1.82, 2.24) is 5.32 Å². The zero-order chi connectivity index (χ0) is 13.5. The number of amides is 1. The van der Waals surface area contributed by atoms with Gasteiger partial charge in [0.15, 0.2) is 0 Å². The first-order chi connectivity index (χ1) is 8.50. The fourth-order valence-corrected chi connectivity index (χ4v) is 1.41. The van der Waals surface area contributed by atoms with Gasteiger partial charge >= 0.3 is 0 Å². The largest absolute Gasteiger partial charge is 0.489 e. The standard InChI is InChI=1S/C12H17ClN2O3/c1-8(12(14)17)15-6-9(16)7-18-11-5-3-2-4-10(11)13/h2-5,8-9,15-16H,6-7H2,1H3,(H2,14,17). The first-order valence-corrected chi connectivity index (χ1v) is 5.96. The van der Waals surface area contributed by atoms with E-state index in [9.17, 15) is 9.90 Å². The van der Waals surface area contributed by atoms with Crippen molar-refractivity contribution in [2.45, 2.75) is 19.1 Å². The quantitative estimate of drug-likeness (QED) is 0.676. The topological polar surface area (TPSA) is 84.6 Å². The highest BCUT2D eigenvalue weighted by molar-refractivity contribution is 6.32. The van der Waals surface area contributed by atoms with Crippen LogP contribution in [-0.2, 0) is 4.79 Å². The SMILES string of the molecule is CC(NCC(O)COc1ccccc1Cl)C(N)=O. The number of hydrogen-bond donors (Lipinski definition) is 3. The van der Waals surface area contributed by atoms with Gasteiger partial charge in [0.25, 0.3) is 0 Å². The van der Waals surface area contributed by atoms with E-state index in [2.05, 4.69) is 5.32 Å². The predicted octanol–water partition coefficient (Wildman–Crippen LogP) is 0.543. The van der Waals surface area contributed by atoms with Crippen LogP contribution in [0.5, 0.6) is 5.75 Å². The van der Waals surface area contributed by atoms with Gasteiger partial charge in [0, 0.05) is 6.54 Å². The number of para-hydroxylation sites is 1. The molecule has 0 aliphatic carbocycles. The minimum absolute atomic E-state index is 0.0855. The number of aliphatic hydroxyl groups is 1. The lowest BCUT2D eigenvalue weighted by molar-refractivity contribution is -0.119. The van der Waals surface area contributed by atoms with Crippen LogP contribution in [0.3, 0.4) is 0 Å². The predicted molar refractivity (Wildman–Crippen MR) is 69.6 cm³/mol. The molecule has 0 spiro atoms. The summed E-state index contributed by atoms with van der Waals surface area (Å²) in [6, 6.07) is 6.52. The molecule has 1 amide bonds. The Morgan fingerprint density at radius 1 is 1.56 bits per heavy atom. The van der Waals surface area contributed by atoms with Crippen LogP contribution in [0.1, 0.15) is 6.92 Å². The van der Waals surface area contributed by atoms with Crippen molar-refractivity contribution >= 4 is 17.5 Å². The average Bonchev–Trinajstić information content (AvgIpc) is 2.34. The van der Waals surface area contributed by atoms with Crippen LogP contribution in [0.4, 0.5) is 0 Å². The van der Waals surface area contributed by atoms with Crippen LogP contribution >= 0.6 is 11.6 Å². The summed E-state index contributed by atoms with van der Waals surface area (Å²) in [7, 11) is 0. The highest BCUT2D eigenvalue weighted by Crippen LogP contribution is 2.22. The molecule has 18 heavy (non-hydrogen) atoms. The first kappa shape index (κ1) is 14.8. The Bertz CT molecular complexity index is 401. The maximum atomic E-state index is 10.8. The summed E-state index contributed by atoms with van der Waals surface area (Å²) in [4.78, 5) is 10.8. The maximum absolute atomic E-state index is 10.8. The van der Waals surface area contributed by atoms with Crippen molar-refractivity contribution < 1.29 is 14.6 Å². The molecule has 0 aliphatic rings. The van der Waals surface area contributed by atoms with Crippen molar-refractivity contribution in [3.8, 4) is 5.75 Å². The Hall–Kier alpha value is -1.30. The highest BCUT2D eigenvalue weighted by Gasteiger charge is 2.11. The number of carbonyl (C=O) groups is 1. The summed E-state index contributed by atoms with van der Waals surface area (Å²) in [5.74, 6) is 0.0513. The number of nitrogens with two attached hydrogens (primary N) is 1. The number of nitrogens with one attached hydrogen (secondary N) is 1. The third kappa shape index (κ3) is 4.91. The van der Waals surface area contributed by atoms with E-state index in [1.807, 2.05) is 0 Å². The number of aliphatic hydroxyl groups excluding tert-OH is 1. The maximum Gasteiger partial charge on any atom is 0.234 e. The van der Waals surface area contributed by atoms with Crippen molar-refractivity contribution in [3.63, 3.8) is 0 Å². The van der Waals surface area contributed by atoms with E-state index in [4.69, 9.17) is 22.1 Å². The Kier molecular flexibility index (Phi) is 5.91. The second-order valence-corrected chi connectivity index (χ2v) is 4.33. The van der Waals surface area contributed by atoms with Crippen molar-refractivity contribution in [3.05, 3.63) is 29.3 Å². The highest BCUT2D eigenvalue weighted by atomic mass is 35.5.